The lowest BCUT2D eigenvalue weighted by molar-refractivity contribution is -0.140. The minimum absolute atomic E-state index is 0.0963. The lowest BCUT2D eigenvalue weighted by atomic mass is 10.1. The van der Waals surface area contributed by atoms with Crippen molar-refractivity contribution in [2.75, 3.05) is 4.72 Å². The minimum atomic E-state index is -3.69. The molecule has 2 rings (SSSR count). The molecule has 0 heterocycles. The number of nitrogens with one attached hydrogen (secondary N) is 2. The number of carboxylic acid groups (broad SMARTS) is 1. The van der Waals surface area contributed by atoms with Crippen LogP contribution in [-0.2, 0) is 26.0 Å². The van der Waals surface area contributed by atoms with Crippen LogP contribution in [0.25, 0.3) is 0 Å². The molecule has 2 aromatic rings. The fourth-order valence-electron chi connectivity index (χ4n) is 2.18. The number of benzene rings is 2. The fourth-order valence-corrected chi connectivity index (χ4v) is 3.23. The summed E-state index contributed by atoms with van der Waals surface area (Å²) in [6.45, 7) is 1.87. The third-order valence-electron chi connectivity index (χ3n) is 3.54. The fraction of sp³-hybridized carbons (Fsp3) is 0.176. The van der Waals surface area contributed by atoms with Crippen molar-refractivity contribution in [1.82, 2.24) is 5.32 Å². The van der Waals surface area contributed by atoms with Gasteiger partial charge in [-0.2, -0.15) is 0 Å². The summed E-state index contributed by atoms with van der Waals surface area (Å²) >= 11 is 0. The van der Waals surface area contributed by atoms with Gasteiger partial charge in [-0.1, -0.05) is 29.8 Å². The van der Waals surface area contributed by atoms with Crippen LogP contribution >= 0.6 is 0 Å². The maximum absolute atomic E-state index is 12.3. The Labute approximate surface area is 145 Å². The molecule has 0 aromatic heterocycles. The van der Waals surface area contributed by atoms with Gasteiger partial charge in [0.25, 0.3) is 10.0 Å². The van der Waals surface area contributed by atoms with E-state index < -0.39 is 22.0 Å². The van der Waals surface area contributed by atoms with Gasteiger partial charge in [-0.15, -0.1) is 0 Å². The molecule has 132 valence electrons. The molecule has 3 N–H and O–H groups in total. The predicted molar refractivity (Wildman–Crippen MR) is 92.8 cm³/mol. The van der Waals surface area contributed by atoms with Gasteiger partial charge in [0.2, 0.25) is 6.41 Å². The molecule has 0 aliphatic rings. The SMILES string of the molecule is Cc1ccc(S(=O)(=O)Nc2ccc(CC(NC=O)C(=O)O)cc2)cc1. The van der Waals surface area contributed by atoms with E-state index in [0.29, 0.717) is 17.7 Å². The summed E-state index contributed by atoms with van der Waals surface area (Å²) in [5.41, 5.74) is 1.97. The molecule has 2 aromatic carbocycles. The van der Waals surface area contributed by atoms with Crippen molar-refractivity contribution < 1.29 is 23.1 Å². The number of carbonyl (C=O) groups excluding carboxylic acids is 1. The number of rotatable bonds is 8. The van der Waals surface area contributed by atoms with E-state index in [-0.39, 0.29) is 11.3 Å². The second-order valence-corrected chi connectivity index (χ2v) is 7.18. The highest BCUT2D eigenvalue weighted by Gasteiger charge is 2.17. The summed E-state index contributed by atoms with van der Waals surface area (Å²) in [7, 11) is -3.69. The first-order valence-corrected chi connectivity index (χ1v) is 8.91. The number of hydrogen-bond donors (Lipinski definition) is 3. The zero-order valence-electron chi connectivity index (χ0n) is 13.5. The normalized spacial score (nSPS) is 12.2. The molecule has 0 radical (unpaired) electrons. The van der Waals surface area contributed by atoms with Crippen molar-refractivity contribution in [1.29, 1.82) is 0 Å². The van der Waals surface area contributed by atoms with E-state index >= 15 is 0 Å². The van der Waals surface area contributed by atoms with Crippen LogP contribution in [0.3, 0.4) is 0 Å². The number of sulfonamides is 1. The van der Waals surface area contributed by atoms with Crippen LogP contribution in [0.2, 0.25) is 0 Å². The van der Waals surface area contributed by atoms with Crippen LogP contribution < -0.4 is 10.0 Å². The molecular weight excluding hydrogens is 344 g/mol. The summed E-state index contributed by atoms with van der Waals surface area (Å²) in [4.78, 5) is 21.6. The molecule has 0 saturated carbocycles. The Balaban J connectivity index is 2.10. The second-order valence-electron chi connectivity index (χ2n) is 5.49. The lowest BCUT2D eigenvalue weighted by Crippen LogP contribution is -2.37. The van der Waals surface area contributed by atoms with Crippen molar-refractivity contribution in [3.8, 4) is 0 Å². The molecule has 1 amide bonds. The average molecular weight is 362 g/mol. The van der Waals surface area contributed by atoms with E-state index in [1.807, 2.05) is 6.92 Å². The van der Waals surface area contributed by atoms with Gasteiger partial charge in [-0.25, -0.2) is 13.2 Å². The van der Waals surface area contributed by atoms with Crippen molar-refractivity contribution in [3.05, 3.63) is 59.7 Å². The molecule has 7 nitrogen and oxygen atoms in total. The summed E-state index contributed by atoms with van der Waals surface area (Å²) in [6.07, 6.45) is 0.432. The van der Waals surface area contributed by atoms with E-state index in [1.54, 1.807) is 36.4 Å². The Morgan fingerprint density at radius 2 is 1.72 bits per heavy atom. The smallest absolute Gasteiger partial charge is 0.326 e. The third kappa shape index (κ3) is 5.05. The van der Waals surface area contributed by atoms with Crippen LogP contribution in [0.5, 0.6) is 0 Å². The zero-order valence-corrected chi connectivity index (χ0v) is 14.3. The van der Waals surface area contributed by atoms with Gasteiger partial charge in [0, 0.05) is 12.1 Å². The number of carbonyl (C=O) groups is 2. The second kappa shape index (κ2) is 7.80. The topological polar surface area (TPSA) is 113 Å². The molecular formula is C17H18N2O5S. The summed E-state index contributed by atoms with van der Waals surface area (Å²) in [5.74, 6) is -1.14. The van der Waals surface area contributed by atoms with E-state index in [2.05, 4.69) is 10.0 Å². The van der Waals surface area contributed by atoms with Gasteiger partial charge in [-0.05, 0) is 36.8 Å². The predicted octanol–water partition coefficient (Wildman–Crippen LogP) is 1.54. The highest BCUT2D eigenvalue weighted by Crippen LogP contribution is 2.17. The quantitative estimate of drug-likeness (QED) is 0.617. The van der Waals surface area contributed by atoms with Crippen molar-refractivity contribution in [2.45, 2.75) is 24.3 Å². The molecule has 0 aliphatic heterocycles. The molecule has 25 heavy (non-hydrogen) atoms. The highest BCUT2D eigenvalue weighted by atomic mass is 32.2. The van der Waals surface area contributed by atoms with Crippen LogP contribution in [0.4, 0.5) is 5.69 Å². The van der Waals surface area contributed by atoms with E-state index in [1.165, 1.54) is 12.1 Å². The summed E-state index contributed by atoms with van der Waals surface area (Å²) in [5, 5.41) is 11.2. The van der Waals surface area contributed by atoms with E-state index in [0.717, 1.165) is 5.56 Å². The monoisotopic (exact) mass is 362 g/mol. The Kier molecular flexibility index (Phi) is 5.76. The first-order chi connectivity index (χ1) is 11.8. The number of amides is 1. The first kappa shape index (κ1) is 18.5. The Bertz CT molecular complexity index is 846. The Morgan fingerprint density at radius 1 is 1.12 bits per heavy atom. The van der Waals surface area contributed by atoms with Crippen LogP contribution in [0, 0.1) is 6.92 Å². The van der Waals surface area contributed by atoms with Gasteiger partial charge in [0.05, 0.1) is 4.90 Å². The Morgan fingerprint density at radius 3 is 2.24 bits per heavy atom. The van der Waals surface area contributed by atoms with Gasteiger partial charge < -0.3 is 10.4 Å². The zero-order chi connectivity index (χ0) is 18.4. The number of aliphatic carboxylic acids is 1. The number of aryl methyl sites for hydroxylation is 1. The maximum Gasteiger partial charge on any atom is 0.326 e. The molecule has 1 unspecified atom stereocenters. The van der Waals surface area contributed by atoms with Gasteiger partial charge in [-0.3, -0.25) is 9.52 Å². The van der Waals surface area contributed by atoms with E-state index in [9.17, 15) is 18.0 Å². The standard InChI is InChI=1S/C17H18N2O5S/c1-12-2-8-15(9-3-12)25(23,24)19-14-6-4-13(5-7-14)10-16(17(21)22)18-11-20/h2-9,11,16,19H,10H2,1H3,(H,18,20)(H,21,22). The van der Waals surface area contributed by atoms with Gasteiger partial charge in [0.15, 0.2) is 0 Å². The van der Waals surface area contributed by atoms with Crippen molar-refractivity contribution in [3.63, 3.8) is 0 Å². The summed E-state index contributed by atoms with van der Waals surface area (Å²) in [6, 6.07) is 11.7. The molecule has 0 spiro atoms. The Hall–Kier alpha value is -2.87. The number of carboxylic acids is 1. The van der Waals surface area contributed by atoms with Crippen molar-refractivity contribution >= 4 is 28.1 Å². The molecule has 0 saturated heterocycles. The molecule has 0 aliphatic carbocycles. The molecule has 0 bridgehead atoms. The number of hydrogen-bond acceptors (Lipinski definition) is 4. The largest absolute Gasteiger partial charge is 0.480 e. The minimum Gasteiger partial charge on any atom is -0.480 e. The molecule has 0 fully saturated rings. The molecule has 8 heteroatoms. The average Bonchev–Trinajstić information content (AvgIpc) is 2.56. The van der Waals surface area contributed by atoms with Crippen LogP contribution in [-0.4, -0.2) is 31.9 Å². The van der Waals surface area contributed by atoms with Crippen LogP contribution in [0.15, 0.2) is 53.4 Å². The number of anilines is 1. The van der Waals surface area contributed by atoms with Crippen molar-refractivity contribution in [2.24, 2.45) is 0 Å². The van der Waals surface area contributed by atoms with Gasteiger partial charge in [0.1, 0.15) is 6.04 Å². The highest BCUT2D eigenvalue weighted by molar-refractivity contribution is 7.92. The first-order valence-electron chi connectivity index (χ1n) is 7.43. The van der Waals surface area contributed by atoms with Gasteiger partial charge >= 0.3 is 5.97 Å². The summed E-state index contributed by atoms with van der Waals surface area (Å²) < 4.78 is 27.1. The van der Waals surface area contributed by atoms with E-state index in [4.69, 9.17) is 5.11 Å². The molecule has 1 atom stereocenters. The maximum atomic E-state index is 12.3. The lowest BCUT2D eigenvalue weighted by Gasteiger charge is -2.12. The third-order valence-corrected chi connectivity index (χ3v) is 4.94. The van der Waals surface area contributed by atoms with Crippen LogP contribution in [0.1, 0.15) is 11.1 Å².